The fraction of sp³-hybridized carbons (Fsp3) is 0.333. The van der Waals surface area contributed by atoms with E-state index < -0.39 is 18.0 Å². The zero-order chi connectivity index (χ0) is 23.5. The molecule has 4 rings (SSSR count). The Balaban J connectivity index is 1.66. The van der Waals surface area contributed by atoms with Crippen LogP contribution in [0.15, 0.2) is 48.7 Å². The Morgan fingerprint density at radius 3 is 2.36 bits per heavy atom. The van der Waals surface area contributed by atoms with Gasteiger partial charge in [0.25, 0.3) is 0 Å². The Morgan fingerprint density at radius 2 is 1.73 bits per heavy atom. The Hall–Kier alpha value is -3.72. The first-order valence-electron chi connectivity index (χ1n) is 10.7. The average molecular weight is 453 g/mol. The number of hydrogen-bond acceptors (Lipinski definition) is 6. The number of piperazine rings is 1. The van der Waals surface area contributed by atoms with Gasteiger partial charge in [-0.15, -0.1) is 0 Å². The van der Waals surface area contributed by atoms with Crippen LogP contribution in [0, 0.1) is 0 Å². The highest BCUT2D eigenvalue weighted by atomic mass is 16.5. The molecule has 1 aliphatic rings. The van der Waals surface area contributed by atoms with Crippen molar-refractivity contribution in [3.05, 3.63) is 54.2 Å². The molecule has 0 bridgehead atoms. The smallest absolute Gasteiger partial charge is 0.325 e. The van der Waals surface area contributed by atoms with Crippen molar-refractivity contribution >= 4 is 28.5 Å². The number of aromatic nitrogens is 1. The molecule has 1 saturated heterocycles. The lowest BCUT2D eigenvalue weighted by Crippen LogP contribution is -2.49. The molecule has 9 nitrogen and oxygen atoms in total. The minimum atomic E-state index is -0.994. The molecule has 2 aromatic carbocycles. The van der Waals surface area contributed by atoms with Crippen LogP contribution in [0.25, 0.3) is 10.9 Å². The maximum atomic E-state index is 12.4. The Bertz CT molecular complexity index is 1170. The number of ether oxygens (including phenoxy) is 2. The third-order valence-corrected chi connectivity index (χ3v) is 6.06. The van der Waals surface area contributed by atoms with Gasteiger partial charge in [0.2, 0.25) is 0 Å². The lowest BCUT2D eigenvalue weighted by Gasteiger charge is -2.39. The maximum absolute atomic E-state index is 12.4. The van der Waals surface area contributed by atoms with E-state index in [4.69, 9.17) is 9.47 Å². The molecule has 1 aliphatic heterocycles. The van der Waals surface area contributed by atoms with Gasteiger partial charge in [-0.05, 0) is 30.3 Å². The van der Waals surface area contributed by atoms with Crippen molar-refractivity contribution in [3.63, 3.8) is 0 Å². The van der Waals surface area contributed by atoms with E-state index in [2.05, 4.69) is 4.90 Å². The van der Waals surface area contributed by atoms with E-state index in [1.165, 1.54) is 0 Å². The summed E-state index contributed by atoms with van der Waals surface area (Å²) in [5.41, 5.74) is 2.20. The van der Waals surface area contributed by atoms with Crippen LogP contribution in [0.5, 0.6) is 11.5 Å². The van der Waals surface area contributed by atoms with E-state index in [0.717, 1.165) is 11.4 Å². The van der Waals surface area contributed by atoms with Crippen molar-refractivity contribution in [1.82, 2.24) is 9.47 Å². The number of anilines is 1. The standard InChI is InChI=1S/C24H27N3O6/c1-32-16-7-8-19-17(13-16)18(14-27(19)15-22(28)29)23(24(30)31)26-11-9-25(10-12-26)20-5-3-4-6-21(20)33-2/h3-8,13-14,23H,9-12,15H2,1-2H3,(H,28,29)(H,30,31)/t23-/m1/s1. The average Bonchev–Trinajstić information content (AvgIpc) is 3.15. The van der Waals surface area contributed by atoms with Gasteiger partial charge >= 0.3 is 11.9 Å². The molecule has 9 heteroatoms. The molecule has 2 heterocycles. The first kappa shape index (κ1) is 22.5. The Labute approximate surface area is 191 Å². The van der Waals surface area contributed by atoms with E-state index in [1.807, 2.05) is 29.2 Å². The van der Waals surface area contributed by atoms with E-state index in [9.17, 15) is 19.8 Å². The summed E-state index contributed by atoms with van der Waals surface area (Å²) in [6, 6.07) is 12.1. The van der Waals surface area contributed by atoms with Gasteiger partial charge in [-0.3, -0.25) is 14.5 Å². The molecular weight excluding hydrogens is 426 g/mol. The van der Waals surface area contributed by atoms with Crippen molar-refractivity contribution in [2.75, 3.05) is 45.3 Å². The van der Waals surface area contributed by atoms with Crippen LogP contribution < -0.4 is 14.4 Å². The summed E-state index contributed by atoms with van der Waals surface area (Å²) < 4.78 is 12.4. The fourth-order valence-corrected chi connectivity index (χ4v) is 4.52. The highest BCUT2D eigenvalue weighted by Crippen LogP contribution is 2.35. The van der Waals surface area contributed by atoms with Gasteiger partial charge in [0.15, 0.2) is 0 Å². The summed E-state index contributed by atoms with van der Waals surface area (Å²) in [6.07, 6.45) is 1.64. The van der Waals surface area contributed by atoms with Crippen molar-refractivity contribution in [2.24, 2.45) is 0 Å². The van der Waals surface area contributed by atoms with Crippen LogP contribution in [-0.2, 0) is 16.1 Å². The number of carbonyl (C=O) groups is 2. The van der Waals surface area contributed by atoms with Crippen LogP contribution in [0.3, 0.4) is 0 Å². The number of aliphatic carboxylic acids is 2. The minimum absolute atomic E-state index is 0.253. The molecule has 0 radical (unpaired) electrons. The molecule has 1 aromatic heterocycles. The zero-order valence-corrected chi connectivity index (χ0v) is 18.6. The normalized spacial score (nSPS) is 15.4. The maximum Gasteiger partial charge on any atom is 0.325 e. The van der Waals surface area contributed by atoms with Crippen LogP contribution in [0.1, 0.15) is 11.6 Å². The number of carboxylic acids is 2. The second-order valence-electron chi connectivity index (χ2n) is 7.92. The summed E-state index contributed by atoms with van der Waals surface area (Å²) in [6.45, 7) is 2.09. The Morgan fingerprint density at radius 1 is 1.00 bits per heavy atom. The summed E-state index contributed by atoms with van der Waals surface area (Å²) in [7, 11) is 3.18. The molecule has 0 aliphatic carbocycles. The summed E-state index contributed by atoms with van der Waals surface area (Å²) in [5, 5.41) is 20.2. The SMILES string of the molecule is COc1ccc2c(c1)c([C@H](C(=O)O)N1CCN(c3ccccc3OC)CC1)cn2CC(=O)O. The molecule has 0 unspecified atom stereocenters. The van der Waals surface area contributed by atoms with Crippen LogP contribution in [0.2, 0.25) is 0 Å². The first-order chi connectivity index (χ1) is 15.9. The second-order valence-corrected chi connectivity index (χ2v) is 7.92. The van der Waals surface area contributed by atoms with E-state index in [-0.39, 0.29) is 6.54 Å². The second kappa shape index (κ2) is 9.41. The fourth-order valence-electron chi connectivity index (χ4n) is 4.52. The lowest BCUT2D eigenvalue weighted by atomic mass is 10.0. The van der Waals surface area contributed by atoms with Crippen LogP contribution in [-0.4, -0.2) is 72.0 Å². The topological polar surface area (TPSA) is 104 Å². The third kappa shape index (κ3) is 4.45. The van der Waals surface area contributed by atoms with Gasteiger partial charge in [0, 0.05) is 48.8 Å². The predicted molar refractivity (Wildman–Crippen MR) is 123 cm³/mol. The van der Waals surface area contributed by atoms with Crippen molar-refractivity contribution in [1.29, 1.82) is 0 Å². The number of hydrogen-bond donors (Lipinski definition) is 2. The van der Waals surface area contributed by atoms with Gasteiger partial charge in [0.1, 0.15) is 24.1 Å². The van der Waals surface area contributed by atoms with Gasteiger partial charge in [-0.2, -0.15) is 0 Å². The van der Waals surface area contributed by atoms with E-state index in [1.54, 1.807) is 43.2 Å². The molecule has 0 saturated carbocycles. The number of nitrogens with zero attached hydrogens (tertiary/aromatic N) is 3. The molecule has 1 atom stereocenters. The number of methoxy groups -OCH3 is 2. The minimum Gasteiger partial charge on any atom is -0.497 e. The summed E-state index contributed by atoms with van der Waals surface area (Å²) >= 11 is 0. The number of rotatable bonds is 8. The van der Waals surface area contributed by atoms with Gasteiger partial charge in [-0.25, -0.2) is 0 Å². The molecular formula is C24H27N3O6. The lowest BCUT2D eigenvalue weighted by molar-refractivity contribution is -0.143. The Kier molecular flexibility index (Phi) is 6.41. The monoisotopic (exact) mass is 453 g/mol. The summed E-state index contributed by atoms with van der Waals surface area (Å²) in [5.74, 6) is -0.601. The summed E-state index contributed by atoms with van der Waals surface area (Å²) in [4.78, 5) is 27.9. The predicted octanol–water partition coefficient (Wildman–Crippen LogP) is 2.69. The van der Waals surface area contributed by atoms with Gasteiger partial charge in [0.05, 0.1) is 19.9 Å². The molecule has 174 valence electrons. The third-order valence-electron chi connectivity index (χ3n) is 6.06. The van der Waals surface area contributed by atoms with Crippen LogP contribution in [0.4, 0.5) is 5.69 Å². The molecule has 3 aromatic rings. The van der Waals surface area contributed by atoms with Crippen molar-refractivity contribution < 1.29 is 29.3 Å². The number of fused-ring (bicyclic) bond motifs is 1. The van der Waals surface area contributed by atoms with Crippen LogP contribution >= 0.6 is 0 Å². The van der Waals surface area contributed by atoms with Crippen molar-refractivity contribution in [3.8, 4) is 11.5 Å². The molecule has 1 fully saturated rings. The quantitative estimate of drug-likeness (QED) is 0.537. The van der Waals surface area contributed by atoms with E-state index >= 15 is 0 Å². The van der Waals surface area contributed by atoms with E-state index in [0.29, 0.717) is 48.4 Å². The van der Waals surface area contributed by atoms with Gasteiger partial charge < -0.3 is 29.2 Å². The largest absolute Gasteiger partial charge is 0.497 e. The number of para-hydroxylation sites is 2. The van der Waals surface area contributed by atoms with Gasteiger partial charge in [-0.1, -0.05) is 12.1 Å². The molecule has 2 N–H and O–H groups in total. The molecule has 0 spiro atoms. The molecule has 0 amide bonds. The highest BCUT2D eigenvalue weighted by molar-refractivity contribution is 5.91. The molecule has 33 heavy (non-hydrogen) atoms. The number of carboxylic acid groups (broad SMARTS) is 2. The first-order valence-corrected chi connectivity index (χ1v) is 10.7. The number of benzene rings is 2. The highest BCUT2D eigenvalue weighted by Gasteiger charge is 2.33. The van der Waals surface area contributed by atoms with Crippen molar-refractivity contribution in [2.45, 2.75) is 12.6 Å². The zero-order valence-electron chi connectivity index (χ0n) is 18.6.